The molecule has 0 spiro atoms. The first-order valence-electron chi connectivity index (χ1n) is 6.86. The molecular formula is C13H22N4OS. The van der Waals surface area contributed by atoms with Gasteiger partial charge in [0.25, 0.3) is 0 Å². The van der Waals surface area contributed by atoms with Crippen LogP contribution in [0.4, 0.5) is 5.13 Å². The van der Waals surface area contributed by atoms with Crippen LogP contribution in [0, 0.1) is 0 Å². The van der Waals surface area contributed by atoms with Crippen LogP contribution in [0.25, 0.3) is 0 Å². The maximum absolute atomic E-state index is 12.0. The lowest BCUT2D eigenvalue weighted by molar-refractivity contribution is -0.130. The highest BCUT2D eigenvalue weighted by molar-refractivity contribution is 7.13. The Balaban J connectivity index is 1.75. The Morgan fingerprint density at radius 1 is 1.47 bits per heavy atom. The van der Waals surface area contributed by atoms with Crippen LogP contribution < -0.4 is 10.2 Å². The smallest absolute Gasteiger partial charge is 0.236 e. The van der Waals surface area contributed by atoms with E-state index in [1.807, 2.05) is 16.5 Å². The van der Waals surface area contributed by atoms with Gasteiger partial charge in [-0.3, -0.25) is 4.79 Å². The maximum atomic E-state index is 12.0. The Kier molecular flexibility index (Phi) is 5.15. The van der Waals surface area contributed by atoms with Crippen LogP contribution >= 0.6 is 11.3 Å². The molecule has 1 fully saturated rings. The predicted octanol–water partition coefficient (Wildman–Crippen LogP) is 1.18. The second kappa shape index (κ2) is 6.86. The highest BCUT2D eigenvalue weighted by Gasteiger charge is 2.22. The number of anilines is 1. The number of amides is 1. The van der Waals surface area contributed by atoms with Gasteiger partial charge in [-0.05, 0) is 13.3 Å². The summed E-state index contributed by atoms with van der Waals surface area (Å²) in [5.41, 5.74) is 0. The third-order valence-corrected chi connectivity index (χ3v) is 4.37. The number of nitrogens with zero attached hydrogens (tertiary/aromatic N) is 3. The summed E-state index contributed by atoms with van der Waals surface area (Å²) in [6.45, 7) is 8.02. The molecule has 2 rings (SSSR count). The molecule has 0 radical (unpaired) electrons. The summed E-state index contributed by atoms with van der Waals surface area (Å²) in [6, 6.07) is 0.403. The Bertz CT molecular complexity index is 387. The zero-order valence-corrected chi connectivity index (χ0v) is 12.4. The van der Waals surface area contributed by atoms with Gasteiger partial charge in [0.15, 0.2) is 5.13 Å². The van der Waals surface area contributed by atoms with E-state index in [4.69, 9.17) is 0 Å². The van der Waals surface area contributed by atoms with E-state index >= 15 is 0 Å². The normalized spacial score (nSPS) is 17.6. The van der Waals surface area contributed by atoms with Gasteiger partial charge in [0.2, 0.25) is 5.91 Å². The summed E-state index contributed by atoms with van der Waals surface area (Å²) < 4.78 is 0. The van der Waals surface area contributed by atoms with E-state index in [0.717, 1.165) is 37.7 Å². The number of carbonyl (C=O) groups is 1. The first-order valence-corrected chi connectivity index (χ1v) is 7.74. The number of hydrogen-bond acceptors (Lipinski definition) is 5. The average Bonchev–Trinajstić information content (AvgIpc) is 2.98. The zero-order valence-electron chi connectivity index (χ0n) is 11.6. The van der Waals surface area contributed by atoms with Crippen LogP contribution in [-0.4, -0.2) is 54.6 Å². The van der Waals surface area contributed by atoms with Crippen LogP contribution in [-0.2, 0) is 4.79 Å². The minimum Gasteiger partial charge on any atom is -0.345 e. The van der Waals surface area contributed by atoms with Crippen LogP contribution in [0.15, 0.2) is 11.6 Å². The molecule has 1 saturated heterocycles. The average molecular weight is 282 g/mol. The molecular weight excluding hydrogens is 260 g/mol. The standard InChI is InChI=1S/C13H22N4OS/c1-3-11(2)15-10-12(18)16-5-7-17(8-6-16)13-14-4-9-19-13/h4,9,11,15H,3,5-8,10H2,1-2H3. The summed E-state index contributed by atoms with van der Waals surface area (Å²) in [5, 5.41) is 6.30. The Morgan fingerprint density at radius 2 is 2.21 bits per heavy atom. The van der Waals surface area contributed by atoms with Crippen molar-refractivity contribution in [1.29, 1.82) is 0 Å². The first kappa shape index (κ1) is 14.3. The second-order valence-electron chi connectivity index (χ2n) is 4.87. The van der Waals surface area contributed by atoms with Gasteiger partial charge in [0, 0.05) is 43.8 Å². The third kappa shape index (κ3) is 3.91. The van der Waals surface area contributed by atoms with Crippen LogP contribution in [0.3, 0.4) is 0 Å². The van der Waals surface area contributed by atoms with Crippen molar-refractivity contribution in [1.82, 2.24) is 15.2 Å². The molecule has 1 amide bonds. The lowest BCUT2D eigenvalue weighted by atomic mass is 10.2. The van der Waals surface area contributed by atoms with E-state index in [-0.39, 0.29) is 5.91 Å². The fourth-order valence-electron chi connectivity index (χ4n) is 2.04. The Hall–Kier alpha value is -1.14. The van der Waals surface area contributed by atoms with Gasteiger partial charge >= 0.3 is 0 Å². The number of nitrogens with one attached hydrogen (secondary N) is 1. The van der Waals surface area contributed by atoms with E-state index < -0.39 is 0 Å². The number of carbonyl (C=O) groups excluding carboxylic acids is 1. The second-order valence-corrected chi connectivity index (χ2v) is 5.75. The number of rotatable bonds is 5. The van der Waals surface area contributed by atoms with Crippen molar-refractivity contribution in [3.63, 3.8) is 0 Å². The van der Waals surface area contributed by atoms with E-state index in [1.165, 1.54) is 0 Å². The lowest BCUT2D eigenvalue weighted by Crippen LogP contribution is -2.51. The van der Waals surface area contributed by atoms with Crippen molar-refractivity contribution in [2.24, 2.45) is 0 Å². The van der Waals surface area contributed by atoms with Crippen molar-refractivity contribution >= 4 is 22.4 Å². The van der Waals surface area contributed by atoms with Gasteiger partial charge in [0.1, 0.15) is 0 Å². The number of aromatic nitrogens is 1. The van der Waals surface area contributed by atoms with Gasteiger partial charge in [-0.2, -0.15) is 0 Å². The molecule has 0 aromatic carbocycles. The Labute approximate surface area is 118 Å². The summed E-state index contributed by atoms with van der Waals surface area (Å²) in [6.07, 6.45) is 2.87. The molecule has 1 aromatic rings. The van der Waals surface area contributed by atoms with E-state index in [0.29, 0.717) is 12.6 Å². The maximum Gasteiger partial charge on any atom is 0.236 e. The molecule has 1 atom stereocenters. The zero-order chi connectivity index (χ0) is 13.7. The monoisotopic (exact) mass is 282 g/mol. The van der Waals surface area contributed by atoms with Gasteiger partial charge in [-0.25, -0.2) is 4.98 Å². The first-order chi connectivity index (χ1) is 9.20. The molecule has 1 aliphatic rings. The summed E-state index contributed by atoms with van der Waals surface area (Å²) >= 11 is 1.66. The highest BCUT2D eigenvalue weighted by Crippen LogP contribution is 2.18. The summed E-state index contributed by atoms with van der Waals surface area (Å²) in [7, 11) is 0. The molecule has 5 nitrogen and oxygen atoms in total. The molecule has 1 unspecified atom stereocenters. The fraction of sp³-hybridized carbons (Fsp3) is 0.692. The SMILES string of the molecule is CCC(C)NCC(=O)N1CCN(c2nccs2)CC1. The van der Waals surface area contributed by atoms with Gasteiger partial charge in [-0.1, -0.05) is 6.92 Å². The lowest BCUT2D eigenvalue weighted by Gasteiger charge is -2.34. The van der Waals surface area contributed by atoms with Gasteiger partial charge in [-0.15, -0.1) is 11.3 Å². The molecule has 106 valence electrons. The van der Waals surface area contributed by atoms with Crippen molar-refractivity contribution in [3.8, 4) is 0 Å². The number of thiazole rings is 1. The third-order valence-electron chi connectivity index (χ3n) is 3.54. The fourth-order valence-corrected chi connectivity index (χ4v) is 2.73. The van der Waals surface area contributed by atoms with Crippen LogP contribution in [0.5, 0.6) is 0 Å². The summed E-state index contributed by atoms with van der Waals surface area (Å²) in [4.78, 5) is 20.5. The molecule has 0 bridgehead atoms. The quantitative estimate of drug-likeness (QED) is 0.881. The molecule has 0 aliphatic carbocycles. The van der Waals surface area contributed by atoms with Crippen molar-refractivity contribution in [2.45, 2.75) is 26.3 Å². The van der Waals surface area contributed by atoms with Crippen molar-refractivity contribution in [2.75, 3.05) is 37.6 Å². The minimum absolute atomic E-state index is 0.207. The molecule has 19 heavy (non-hydrogen) atoms. The topological polar surface area (TPSA) is 48.5 Å². The molecule has 1 aromatic heterocycles. The van der Waals surface area contributed by atoms with Gasteiger partial charge in [0.05, 0.1) is 6.54 Å². The van der Waals surface area contributed by atoms with E-state index in [2.05, 4.69) is 29.0 Å². The van der Waals surface area contributed by atoms with Crippen LogP contribution in [0.2, 0.25) is 0 Å². The van der Waals surface area contributed by atoms with Crippen molar-refractivity contribution in [3.05, 3.63) is 11.6 Å². The van der Waals surface area contributed by atoms with E-state index in [9.17, 15) is 4.79 Å². The number of piperazine rings is 1. The molecule has 1 aliphatic heterocycles. The largest absolute Gasteiger partial charge is 0.345 e. The summed E-state index contributed by atoms with van der Waals surface area (Å²) in [5.74, 6) is 0.207. The molecule has 1 N–H and O–H groups in total. The van der Waals surface area contributed by atoms with Crippen molar-refractivity contribution < 1.29 is 4.79 Å². The highest BCUT2D eigenvalue weighted by atomic mass is 32.1. The minimum atomic E-state index is 0.207. The molecule has 6 heteroatoms. The predicted molar refractivity (Wildman–Crippen MR) is 78.7 cm³/mol. The van der Waals surface area contributed by atoms with E-state index in [1.54, 1.807) is 11.3 Å². The molecule has 0 saturated carbocycles. The molecule has 2 heterocycles. The van der Waals surface area contributed by atoms with Crippen LogP contribution in [0.1, 0.15) is 20.3 Å². The Morgan fingerprint density at radius 3 is 2.79 bits per heavy atom. The van der Waals surface area contributed by atoms with Gasteiger partial charge < -0.3 is 15.1 Å². The number of hydrogen-bond donors (Lipinski definition) is 1.